The number of benzene rings is 1. The highest BCUT2D eigenvalue weighted by Gasteiger charge is 2.57. The number of rotatable bonds is 3. The number of hydrogen-bond acceptors (Lipinski definition) is 1. The van der Waals surface area contributed by atoms with E-state index in [0.717, 1.165) is 12.0 Å². The maximum atomic E-state index is 3.42. The molecule has 2 aliphatic carbocycles. The Labute approximate surface area is 105 Å². The van der Waals surface area contributed by atoms with Crippen molar-refractivity contribution in [2.75, 3.05) is 13.6 Å². The SMILES string of the molecule is CNCC1(c2ccccc2C)CC2(CCC2)C1. The lowest BCUT2D eigenvalue weighted by molar-refractivity contribution is -0.0478. The second-order valence-electron chi connectivity index (χ2n) is 6.33. The molecule has 1 aromatic rings. The molecule has 1 spiro atoms. The average Bonchev–Trinajstić information content (AvgIpc) is 2.21. The second kappa shape index (κ2) is 3.84. The highest BCUT2D eigenvalue weighted by molar-refractivity contribution is 5.38. The lowest BCUT2D eigenvalue weighted by atomic mass is 9.43. The molecule has 0 unspecified atom stereocenters. The summed E-state index contributed by atoms with van der Waals surface area (Å²) in [6, 6.07) is 8.96. The Balaban J connectivity index is 1.89. The van der Waals surface area contributed by atoms with Crippen LogP contribution in [0.2, 0.25) is 0 Å². The second-order valence-corrected chi connectivity index (χ2v) is 6.33. The zero-order valence-corrected chi connectivity index (χ0v) is 11.1. The van der Waals surface area contributed by atoms with Crippen molar-refractivity contribution in [1.82, 2.24) is 5.32 Å². The predicted molar refractivity (Wildman–Crippen MR) is 72.3 cm³/mol. The average molecular weight is 229 g/mol. The zero-order chi connectivity index (χ0) is 11.9. The normalized spacial score (nSPS) is 24.1. The molecule has 0 radical (unpaired) electrons. The van der Waals surface area contributed by atoms with Crippen LogP contribution in [0.3, 0.4) is 0 Å². The Hall–Kier alpha value is -0.820. The Morgan fingerprint density at radius 1 is 1.18 bits per heavy atom. The first-order chi connectivity index (χ1) is 8.20. The van der Waals surface area contributed by atoms with E-state index in [9.17, 15) is 0 Å². The first-order valence-corrected chi connectivity index (χ1v) is 6.91. The molecule has 2 saturated carbocycles. The Kier molecular flexibility index (Phi) is 2.55. The van der Waals surface area contributed by atoms with Crippen molar-refractivity contribution in [2.24, 2.45) is 5.41 Å². The van der Waals surface area contributed by atoms with E-state index >= 15 is 0 Å². The molecule has 3 rings (SSSR count). The van der Waals surface area contributed by atoms with Gasteiger partial charge in [0, 0.05) is 12.0 Å². The smallest absolute Gasteiger partial charge is 0.00908 e. The highest BCUT2D eigenvalue weighted by Crippen LogP contribution is 2.65. The lowest BCUT2D eigenvalue weighted by Gasteiger charge is -2.62. The molecule has 92 valence electrons. The van der Waals surface area contributed by atoms with Crippen LogP contribution in [0.15, 0.2) is 24.3 Å². The summed E-state index contributed by atoms with van der Waals surface area (Å²) in [6.45, 7) is 3.40. The van der Waals surface area contributed by atoms with Crippen LogP contribution in [0.4, 0.5) is 0 Å². The third-order valence-corrected chi connectivity index (χ3v) is 5.07. The minimum atomic E-state index is 0.431. The minimum Gasteiger partial charge on any atom is -0.319 e. The van der Waals surface area contributed by atoms with E-state index in [1.165, 1.54) is 37.7 Å². The fourth-order valence-electron chi connectivity index (χ4n) is 4.33. The monoisotopic (exact) mass is 229 g/mol. The summed E-state index contributed by atoms with van der Waals surface area (Å²) in [5.41, 5.74) is 4.23. The third kappa shape index (κ3) is 1.63. The molecule has 1 aromatic carbocycles. The van der Waals surface area contributed by atoms with Crippen molar-refractivity contribution >= 4 is 0 Å². The molecule has 17 heavy (non-hydrogen) atoms. The van der Waals surface area contributed by atoms with Gasteiger partial charge >= 0.3 is 0 Å². The van der Waals surface area contributed by atoms with E-state index in [0.29, 0.717) is 5.41 Å². The number of aryl methyl sites for hydroxylation is 1. The van der Waals surface area contributed by atoms with Crippen LogP contribution in [-0.2, 0) is 5.41 Å². The Bertz CT molecular complexity index is 409. The van der Waals surface area contributed by atoms with Crippen LogP contribution in [0.5, 0.6) is 0 Å². The largest absolute Gasteiger partial charge is 0.319 e. The van der Waals surface area contributed by atoms with Crippen molar-refractivity contribution in [3.05, 3.63) is 35.4 Å². The molecule has 0 aliphatic heterocycles. The molecule has 2 aliphatic rings. The summed E-state index contributed by atoms with van der Waals surface area (Å²) in [5.74, 6) is 0. The molecule has 1 N–H and O–H groups in total. The number of likely N-dealkylation sites (N-methyl/N-ethyl adjacent to an activating group) is 1. The first kappa shape index (κ1) is 11.3. The van der Waals surface area contributed by atoms with Gasteiger partial charge in [0.2, 0.25) is 0 Å². The third-order valence-electron chi connectivity index (χ3n) is 5.07. The van der Waals surface area contributed by atoms with E-state index in [2.05, 4.69) is 43.6 Å². The van der Waals surface area contributed by atoms with Gasteiger partial charge in [0.05, 0.1) is 0 Å². The fraction of sp³-hybridized carbons (Fsp3) is 0.625. The first-order valence-electron chi connectivity index (χ1n) is 6.91. The summed E-state index contributed by atoms with van der Waals surface area (Å²) in [4.78, 5) is 0. The molecule has 0 amide bonds. The van der Waals surface area contributed by atoms with Gasteiger partial charge in [-0.1, -0.05) is 30.7 Å². The van der Waals surface area contributed by atoms with Crippen molar-refractivity contribution in [3.63, 3.8) is 0 Å². The van der Waals surface area contributed by atoms with Crippen molar-refractivity contribution < 1.29 is 0 Å². The molecule has 1 heteroatoms. The van der Waals surface area contributed by atoms with Crippen LogP contribution >= 0.6 is 0 Å². The maximum absolute atomic E-state index is 3.42. The Morgan fingerprint density at radius 2 is 1.88 bits per heavy atom. The van der Waals surface area contributed by atoms with E-state index < -0.39 is 0 Å². The molecule has 2 fully saturated rings. The maximum Gasteiger partial charge on any atom is 0.00908 e. The summed E-state index contributed by atoms with van der Waals surface area (Å²) >= 11 is 0. The molecule has 1 nitrogen and oxygen atoms in total. The van der Waals surface area contributed by atoms with Gasteiger partial charge in [0.15, 0.2) is 0 Å². The van der Waals surface area contributed by atoms with Crippen LogP contribution < -0.4 is 5.32 Å². The number of nitrogens with one attached hydrogen (secondary N) is 1. The molecule has 0 saturated heterocycles. The lowest BCUT2D eigenvalue weighted by Crippen LogP contribution is -2.57. The minimum absolute atomic E-state index is 0.431. The summed E-state index contributed by atoms with van der Waals surface area (Å²) in [5, 5.41) is 3.42. The van der Waals surface area contributed by atoms with E-state index in [4.69, 9.17) is 0 Å². The van der Waals surface area contributed by atoms with Gasteiger partial charge in [0.25, 0.3) is 0 Å². The molecule has 0 atom stereocenters. The summed E-state index contributed by atoms with van der Waals surface area (Å²) in [7, 11) is 2.09. The van der Waals surface area contributed by atoms with Crippen molar-refractivity contribution in [3.8, 4) is 0 Å². The predicted octanol–water partition coefficient (Wildman–Crippen LogP) is 3.42. The molecular weight excluding hydrogens is 206 g/mol. The fourth-order valence-corrected chi connectivity index (χ4v) is 4.33. The van der Waals surface area contributed by atoms with Gasteiger partial charge in [-0.05, 0) is 56.2 Å². The van der Waals surface area contributed by atoms with E-state index in [1.54, 1.807) is 5.56 Å². The molecule has 0 bridgehead atoms. The van der Waals surface area contributed by atoms with Crippen LogP contribution in [0.25, 0.3) is 0 Å². The van der Waals surface area contributed by atoms with Gasteiger partial charge in [-0.15, -0.1) is 0 Å². The van der Waals surface area contributed by atoms with Gasteiger partial charge in [-0.25, -0.2) is 0 Å². The standard InChI is InChI=1S/C16H23N/c1-13-6-3-4-7-14(13)16(12-17-2)10-15(11-16)8-5-9-15/h3-4,6-7,17H,5,8-12H2,1-2H3. The van der Waals surface area contributed by atoms with Crippen LogP contribution in [0.1, 0.15) is 43.2 Å². The highest BCUT2D eigenvalue weighted by atomic mass is 14.9. The van der Waals surface area contributed by atoms with Gasteiger partial charge in [-0.3, -0.25) is 0 Å². The van der Waals surface area contributed by atoms with Gasteiger partial charge < -0.3 is 5.32 Å². The van der Waals surface area contributed by atoms with E-state index in [1.807, 2.05) is 0 Å². The van der Waals surface area contributed by atoms with Crippen molar-refractivity contribution in [1.29, 1.82) is 0 Å². The number of hydrogen-bond donors (Lipinski definition) is 1. The van der Waals surface area contributed by atoms with E-state index in [-0.39, 0.29) is 0 Å². The van der Waals surface area contributed by atoms with Gasteiger partial charge in [0.1, 0.15) is 0 Å². The summed E-state index contributed by atoms with van der Waals surface area (Å²) < 4.78 is 0. The van der Waals surface area contributed by atoms with Gasteiger partial charge in [-0.2, -0.15) is 0 Å². The van der Waals surface area contributed by atoms with Crippen LogP contribution in [-0.4, -0.2) is 13.6 Å². The molecule has 0 heterocycles. The zero-order valence-electron chi connectivity index (χ0n) is 11.1. The quantitative estimate of drug-likeness (QED) is 0.837. The summed E-state index contributed by atoms with van der Waals surface area (Å²) in [6.07, 6.45) is 7.23. The molecular formula is C16H23N. The van der Waals surface area contributed by atoms with Crippen molar-refractivity contribution in [2.45, 2.75) is 44.4 Å². The molecule has 0 aromatic heterocycles. The topological polar surface area (TPSA) is 12.0 Å². The Morgan fingerprint density at radius 3 is 2.41 bits per heavy atom. The van der Waals surface area contributed by atoms with Crippen LogP contribution in [0, 0.1) is 12.3 Å².